The molecule has 1 aromatic rings. The van der Waals surface area contributed by atoms with E-state index in [1.807, 2.05) is 0 Å². The van der Waals surface area contributed by atoms with Crippen LogP contribution in [0.15, 0.2) is 18.2 Å². The molecule has 9 heteroatoms. The van der Waals surface area contributed by atoms with Gasteiger partial charge in [0.2, 0.25) is 5.91 Å². The Hall–Kier alpha value is -2.52. The molecule has 134 valence electrons. The molecule has 1 saturated heterocycles. The minimum Gasteiger partial charge on any atom is -0.370 e. The highest BCUT2D eigenvalue weighted by Gasteiger charge is 2.32. The van der Waals surface area contributed by atoms with Gasteiger partial charge in [0, 0.05) is 18.3 Å². The molecular formula is C16H19FN4O4. The zero-order chi connectivity index (χ0) is 18.0. The Morgan fingerprint density at radius 3 is 2.72 bits per heavy atom. The number of primary amides is 1. The summed E-state index contributed by atoms with van der Waals surface area (Å²) in [5.74, 6) is -2.42. The summed E-state index contributed by atoms with van der Waals surface area (Å²) in [5, 5.41) is 5.32. The first kappa shape index (κ1) is 17.3. The number of carbonyl (C=O) groups excluding carboxylic acids is 3. The summed E-state index contributed by atoms with van der Waals surface area (Å²) in [5.41, 5.74) is 5.54. The van der Waals surface area contributed by atoms with E-state index in [4.69, 9.17) is 10.5 Å². The van der Waals surface area contributed by atoms with Crippen LogP contribution in [0.2, 0.25) is 0 Å². The Labute approximate surface area is 143 Å². The molecule has 1 heterocycles. The van der Waals surface area contributed by atoms with Crippen LogP contribution >= 0.6 is 0 Å². The van der Waals surface area contributed by atoms with Crippen molar-refractivity contribution in [3.63, 3.8) is 0 Å². The number of hydrogen-bond acceptors (Lipinski definition) is 5. The van der Waals surface area contributed by atoms with Gasteiger partial charge in [0.05, 0.1) is 12.3 Å². The Morgan fingerprint density at radius 2 is 2.12 bits per heavy atom. The molecular weight excluding hydrogens is 331 g/mol. The predicted octanol–water partition coefficient (Wildman–Crippen LogP) is -0.267. The van der Waals surface area contributed by atoms with Gasteiger partial charge in [-0.15, -0.1) is 0 Å². The molecule has 2 aliphatic rings. The summed E-state index contributed by atoms with van der Waals surface area (Å²) in [6.07, 6.45) is 1.77. The molecule has 3 rings (SSSR count). The summed E-state index contributed by atoms with van der Waals surface area (Å²) in [4.78, 5) is 36.7. The fourth-order valence-corrected chi connectivity index (χ4v) is 2.56. The van der Waals surface area contributed by atoms with Crippen LogP contribution in [0.4, 0.5) is 15.8 Å². The van der Waals surface area contributed by atoms with Crippen LogP contribution < -0.4 is 21.3 Å². The topological polar surface area (TPSA) is 114 Å². The van der Waals surface area contributed by atoms with Crippen LogP contribution in [-0.2, 0) is 19.1 Å². The fourth-order valence-electron chi connectivity index (χ4n) is 2.56. The Balaban J connectivity index is 1.70. The summed E-state index contributed by atoms with van der Waals surface area (Å²) in [6.45, 7) is 0.498. The number of morpholine rings is 1. The number of ether oxygens (including phenoxy) is 1. The number of nitrogens with one attached hydrogen (secondary N) is 2. The number of nitrogens with zero attached hydrogens (tertiary/aromatic N) is 1. The molecule has 3 amide bonds. The maximum absolute atomic E-state index is 14.3. The van der Waals surface area contributed by atoms with Gasteiger partial charge in [-0.1, -0.05) is 0 Å². The SMILES string of the molecule is NC(=O)[C@@H](NC1CC1)C(=O)Nc1ccc(N2CCOCC2=O)c(F)c1. The molecule has 8 nitrogen and oxygen atoms in total. The highest BCUT2D eigenvalue weighted by Crippen LogP contribution is 2.24. The Morgan fingerprint density at radius 1 is 1.36 bits per heavy atom. The largest absolute Gasteiger partial charge is 0.370 e. The predicted molar refractivity (Wildman–Crippen MR) is 87.3 cm³/mol. The van der Waals surface area contributed by atoms with Crippen molar-refractivity contribution in [2.75, 3.05) is 30.0 Å². The number of hydrogen-bond donors (Lipinski definition) is 3. The van der Waals surface area contributed by atoms with E-state index < -0.39 is 23.7 Å². The van der Waals surface area contributed by atoms with E-state index >= 15 is 0 Å². The highest BCUT2D eigenvalue weighted by molar-refractivity contribution is 6.09. The molecule has 1 aliphatic carbocycles. The maximum atomic E-state index is 14.3. The maximum Gasteiger partial charge on any atom is 0.253 e. The van der Waals surface area contributed by atoms with Gasteiger partial charge < -0.3 is 20.7 Å². The summed E-state index contributed by atoms with van der Waals surface area (Å²) in [6, 6.07) is 2.91. The highest BCUT2D eigenvalue weighted by atomic mass is 19.1. The zero-order valence-corrected chi connectivity index (χ0v) is 13.5. The number of carbonyl (C=O) groups is 3. The minimum atomic E-state index is -1.17. The average Bonchev–Trinajstić information content (AvgIpc) is 3.37. The van der Waals surface area contributed by atoms with Crippen molar-refractivity contribution < 1.29 is 23.5 Å². The van der Waals surface area contributed by atoms with Gasteiger partial charge in [-0.25, -0.2) is 4.39 Å². The van der Waals surface area contributed by atoms with E-state index in [0.717, 1.165) is 18.9 Å². The van der Waals surface area contributed by atoms with E-state index in [1.165, 1.54) is 17.0 Å². The lowest BCUT2D eigenvalue weighted by Crippen LogP contribution is -2.50. The second kappa shape index (κ2) is 7.16. The van der Waals surface area contributed by atoms with Crippen molar-refractivity contribution in [3.05, 3.63) is 24.0 Å². The lowest BCUT2D eigenvalue weighted by molar-refractivity contribution is -0.128. The van der Waals surface area contributed by atoms with Crippen molar-refractivity contribution in [3.8, 4) is 0 Å². The average molecular weight is 350 g/mol. The van der Waals surface area contributed by atoms with Gasteiger partial charge in [0.15, 0.2) is 6.04 Å². The Kier molecular flexibility index (Phi) is 4.95. The monoisotopic (exact) mass is 350 g/mol. The van der Waals surface area contributed by atoms with Crippen molar-refractivity contribution >= 4 is 29.1 Å². The first-order valence-corrected chi connectivity index (χ1v) is 7.99. The fraction of sp³-hybridized carbons (Fsp3) is 0.438. The molecule has 0 bridgehead atoms. The van der Waals surface area contributed by atoms with E-state index in [1.54, 1.807) is 0 Å². The second-order valence-corrected chi connectivity index (χ2v) is 6.03. The van der Waals surface area contributed by atoms with E-state index in [-0.39, 0.29) is 36.5 Å². The van der Waals surface area contributed by atoms with Crippen molar-refractivity contribution in [2.24, 2.45) is 5.73 Å². The number of anilines is 2. The molecule has 0 aromatic heterocycles. The van der Waals surface area contributed by atoms with Gasteiger partial charge >= 0.3 is 0 Å². The number of benzene rings is 1. The van der Waals surface area contributed by atoms with Crippen molar-refractivity contribution in [1.82, 2.24) is 5.32 Å². The van der Waals surface area contributed by atoms with Crippen LogP contribution in [0.3, 0.4) is 0 Å². The van der Waals surface area contributed by atoms with Crippen LogP contribution in [0.5, 0.6) is 0 Å². The number of amides is 3. The summed E-state index contributed by atoms with van der Waals surface area (Å²) < 4.78 is 19.4. The van der Waals surface area contributed by atoms with Gasteiger partial charge in [-0.3, -0.25) is 19.7 Å². The minimum absolute atomic E-state index is 0.0922. The summed E-state index contributed by atoms with van der Waals surface area (Å²) in [7, 11) is 0. The molecule has 4 N–H and O–H groups in total. The van der Waals surface area contributed by atoms with E-state index in [2.05, 4.69) is 10.6 Å². The van der Waals surface area contributed by atoms with Gasteiger partial charge in [-0.2, -0.15) is 0 Å². The van der Waals surface area contributed by atoms with E-state index in [9.17, 15) is 18.8 Å². The van der Waals surface area contributed by atoms with E-state index in [0.29, 0.717) is 6.61 Å². The van der Waals surface area contributed by atoms with Crippen LogP contribution in [0.25, 0.3) is 0 Å². The number of nitrogens with two attached hydrogens (primary N) is 1. The molecule has 1 saturated carbocycles. The number of rotatable bonds is 6. The molecule has 0 spiro atoms. The van der Waals surface area contributed by atoms with Crippen molar-refractivity contribution in [1.29, 1.82) is 0 Å². The summed E-state index contributed by atoms with van der Waals surface area (Å²) >= 11 is 0. The first-order chi connectivity index (χ1) is 12.0. The molecule has 2 fully saturated rings. The van der Waals surface area contributed by atoms with Crippen molar-refractivity contribution in [2.45, 2.75) is 24.9 Å². The van der Waals surface area contributed by atoms with Gasteiger partial charge in [0.25, 0.3) is 11.8 Å². The second-order valence-electron chi connectivity index (χ2n) is 6.03. The molecule has 1 aliphatic heterocycles. The van der Waals surface area contributed by atoms with Gasteiger partial charge in [0.1, 0.15) is 12.4 Å². The molecule has 25 heavy (non-hydrogen) atoms. The molecule has 1 aromatic carbocycles. The smallest absolute Gasteiger partial charge is 0.253 e. The van der Waals surface area contributed by atoms with Gasteiger partial charge in [-0.05, 0) is 31.0 Å². The van der Waals surface area contributed by atoms with Crippen LogP contribution in [-0.4, -0.2) is 49.6 Å². The third-order valence-electron chi connectivity index (χ3n) is 4.02. The lowest BCUT2D eigenvalue weighted by atomic mass is 10.2. The first-order valence-electron chi connectivity index (χ1n) is 7.99. The quantitative estimate of drug-likeness (QED) is 0.612. The third-order valence-corrected chi connectivity index (χ3v) is 4.02. The number of halogens is 1. The third kappa shape index (κ3) is 4.12. The van der Waals surface area contributed by atoms with Crippen LogP contribution in [0, 0.1) is 5.82 Å². The van der Waals surface area contributed by atoms with Crippen LogP contribution in [0.1, 0.15) is 12.8 Å². The Bertz CT molecular complexity index is 707. The normalized spacial score (nSPS) is 18.8. The zero-order valence-electron chi connectivity index (χ0n) is 13.5. The molecule has 0 radical (unpaired) electrons. The molecule has 1 atom stereocenters. The standard InChI is InChI=1S/C16H19FN4O4/c17-11-7-10(3-4-12(11)21-5-6-25-8-13(21)22)20-16(24)14(15(18)23)19-9-1-2-9/h3-4,7,9,14,19H,1-2,5-6,8H2,(H2,18,23)(H,20,24)/t14-/m1/s1. The lowest BCUT2D eigenvalue weighted by Gasteiger charge is -2.27. The molecule has 0 unspecified atom stereocenters.